The van der Waals surface area contributed by atoms with Crippen molar-refractivity contribution in [3.8, 4) is 5.75 Å². The Bertz CT molecular complexity index is 1540. The van der Waals surface area contributed by atoms with Gasteiger partial charge in [-0.05, 0) is 77.5 Å². The molecule has 3 aromatic carbocycles. The van der Waals surface area contributed by atoms with E-state index >= 15 is 0 Å². The van der Waals surface area contributed by atoms with Crippen LogP contribution in [0.2, 0.25) is 0 Å². The highest BCUT2D eigenvalue weighted by atomic mass is 16.5. The molecule has 1 fully saturated rings. The van der Waals surface area contributed by atoms with Gasteiger partial charge < -0.3 is 15.4 Å². The fourth-order valence-electron chi connectivity index (χ4n) is 5.88. The highest BCUT2D eigenvalue weighted by molar-refractivity contribution is 6.10. The molecule has 2 aliphatic heterocycles. The standard InChI is InChI=1S/C29H26N4O2/c1-35-21-6-9-26-23(14-21)29(28(34)31-26)15-24(29)19-5-7-22-25(32-33-27(22)13-19)8-3-17-2-4-18-10-11-30-16-20(18)12-17/h2-9,12-14,24,30H,10-11,15-16H2,1H3,(H,31,34)(H,32,33)/b8-3+/t24-,29-/m0/s1. The molecule has 7 rings (SSSR count). The van der Waals surface area contributed by atoms with E-state index in [1.54, 1.807) is 7.11 Å². The summed E-state index contributed by atoms with van der Waals surface area (Å²) in [5.41, 5.74) is 8.50. The Hall–Kier alpha value is -3.90. The zero-order valence-electron chi connectivity index (χ0n) is 19.5. The minimum Gasteiger partial charge on any atom is -0.497 e. The first-order valence-corrected chi connectivity index (χ1v) is 12.1. The average molecular weight is 463 g/mol. The number of rotatable bonds is 4. The number of fused-ring (bicyclic) bond motifs is 4. The van der Waals surface area contributed by atoms with Crippen LogP contribution in [0.1, 0.15) is 45.8 Å². The lowest BCUT2D eigenvalue weighted by Gasteiger charge is -2.17. The van der Waals surface area contributed by atoms with Gasteiger partial charge in [0.25, 0.3) is 0 Å². The van der Waals surface area contributed by atoms with E-state index in [1.165, 1.54) is 16.7 Å². The third-order valence-corrected chi connectivity index (χ3v) is 7.89. The summed E-state index contributed by atoms with van der Waals surface area (Å²) < 4.78 is 5.42. The summed E-state index contributed by atoms with van der Waals surface area (Å²) in [7, 11) is 1.66. The van der Waals surface area contributed by atoms with Gasteiger partial charge in [-0.1, -0.05) is 36.4 Å². The first-order valence-electron chi connectivity index (χ1n) is 12.1. The molecule has 1 saturated carbocycles. The van der Waals surface area contributed by atoms with Crippen molar-refractivity contribution in [2.24, 2.45) is 0 Å². The molecule has 6 heteroatoms. The summed E-state index contributed by atoms with van der Waals surface area (Å²) in [6, 6.07) is 18.9. The van der Waals surface area contributed by atoms with E-state index in [9.17, 15) is 4.79 Å². The zero-order chi connectivity index (χ0) is 23.6. The largest absolute Gasteiger partial charge is 0.497 e. The van der Waals surface area contributed by atoms with E-state index < -0.39 is 5.41 Å². The molecule has 2 atom stereocenters. The van der Waals surface area contributed by atoms with E-state index in [0.29, 0.717) is 0 Å². The third kappa shape index (κ3) is 3.13. The molecule has 35 heavy (non-hydrogen) atoms. The quantitative estimate of drug-likeness (QED) is 0.408. The van der Waals surface area contributed by atoms with Gasteiger partial charge >= 0.3 is 0 Å². The number of carbonyl (C=O) groups excluding carboxylic acids is 1. The number of amides is 1. The van der Waals surface area contributed by atoms with Gasteiger partial charge in [-0.3, -0.25) is 9.89 Å². The lowest BCUT2D eigenvalue weighted by molar-refractivity contribution is -0.118. The van der Waals surface area contributed by atoms with Gasteiger partial charge in [-0.2, -0.15) is 5.10 Å². The summed E-state index contributed by atoms with van der Waals surface area (Å²) in [5.74, 6) is 1.01. The fourth-order valence-corrected chi connectivity index (χ4v) is 5.88. The van der Waals surface area contributed by atoms with Crippen LogP contribution in [0, 0.1) is 0 Å². The van der Waals surface area contributed by atoms with Gasteiger partial charge in [0.2, 0.25) is 5.91 Å². The number of benzene rings is 3. The number of aromatic amines is 1. The Morgan fingerprint density at radius 1 is 1.06 bits per heavy atom. The van der Waals surface area contributed by atoms with Crippen molar-refractivity contribution in [2.45, 2.75) is 30.7 Å². The van der Waals surface area contributed by atoms with E-state index in [0.717, 1.165) is 65.1 Å². The van der Waals surface area contributed by atoms with E-state index in [-0.39, 0.29) is 11.8 Å². The molecule has 0 bridgehead atoms. The minimum absolute atomic E-state index is 0.0827. The molecule has 3 heterocycles. The SMILES string of the molecule is COc1ccc2c(c1)[C@]1(C[C@H]1c1ccc3c(/C=C/c4ccc5c(c4)CNCC5)n[nH]c3c1)C(=O)N2. The normalized spacial score (nSPS) is 22.4. The number of hydrogen-bond acceptors (Lipinski definition) is 4. The maximum atomic E-state index is 13.0. The fraction of sp³-hybridized carbons (Fsp3) is 0.241. The van der Waals surface area contributed by atoms with E-state index in [1.807, 2.05) is 18.2 Å². The van der Waals surface area contributed by atoms with Crippen LogP contribution in [-0.4, -0.2) is 29.8 Å². The number of aromatic nitrogens is 2. The van der Waals surface area contributed by atoms with Crippen molar-refractivity contribution in [2.75, 3.05) is 19.0 Å². The molecule has 6 nitrogen and oxygen atoms in total. The van der Waals surface area contributed by atoms with Crippen LogP contribution >= 0.6 is 0 Å². The van der Waals surface area contributed by atoms with Crippen LogP contribution < -0.4 is 15.4 Å². The van der Waals surface area contributed by atoms with Crippen molar-refractivity contribution in [1.29, 1.82) is 0 Å². The maximum absolute atomic E-state index is 13.0. The van der Waals surface area contributed by atoms with Crippen LogP contribution in [0.4, 0.5) is 5.69 Å². The number of hydrogen-bond donors (Lipinski definition) is 3. The number of carbonyl (C=O) groups is 1. The molecule has 3 aliphatic rings. The highest BCUT2D eigenvalue weighted by Crippen LogP contribution is 2.65. The Labute approximate surface area is 203 Å². The van der Waals surface area contributed by atoms with Crippen LogP contribution in [0.3, 0.4) is 0 Å². The van der Waals surface area contributed by atoms with Crippen molar-refractivity contribution >= 4 is 34.6 Å². The Kier molecular flexibility index (Phi) is 4.42. The number of methoxy groups -OCH3 is 1. The maximum Gasteiger partial charge on any atom is 0.235 e. The molecular formula is C29H26N4O2. The first-order chi connectivity index (χ1) is 17.2. The molecule has 1 aromatic heterocycles. The Balaban J connectivity index is 1.17. The molecule has 0 saturated heterocycles. The summed E-state index contributed by atoms with van der Waals surface area (Å²) in [6.45, 7) is 1.99. The lowest BCUT2D eigenvalue weighted by Crippen LogP contribution is -2.23. The van der Waals surface area contributed by atoms with Crippen molar-refractivity contribution in [3.05, 3.63) is 88.1 Å². The molecular weight excluding hydrogens is 436 g/mol. The van der Waals surface area contributed by atoms with Gasteiger partial charge in [-0.15, -0.1) is 0 Å². The average Bonchev–Trinajstić information content (AvgIpc) is 3.44. The summed E-state index contributed by atoms with van der Waals surface area (Å²) in [5, 5.41) is 15.3. The van der Waals surface area contributed by atoms with Crippen LogP contribution in [0.5, 0.6) is 5.75 Å². The van der Waals surface area contributed by atoms with Crippen molar-refractivity contribution in [3.63, 3.8) is 0 Å². The predicted molar refractivity (Wildman–Crippen MR) is 138 cm³/mol. The molecule has 1 amide bonds. The highest BCUT2D eigenvalue weighted by Gasteiger charge is 2.65. The van der Waals surface area contributed by atoms with Crippen LogP contribution in [0.25, 0.3) is 23.1 Å². The van der Waals surface area contributed by atoms with Crippen molar-refractivity contribution in [1.82, 2.24) is 15.5 Å². The van der Waals surface area contributed by atoms with Crippen LogP contribution in [-0.2, 0) is 23.2 Å². The number of ether oxygens (including phenoxy) is 1. The lowest BCUT2D eigenvalue weighted by atomic mass is 9.91. The van der Waals surface area contributed by atoms with E-state index in [4.69, 9.17) is 4.74 Å². The second-order valence-corrected chi connectivity index (χ2v) is 9.80. The number of H-pyrrole nitrogens is 1. The summed E-state index contributed by atoms with van der Waals surface area (Å²) >= 11 is 0. The number of anilines is 1. The molecule has 174 valence electrons. The summed E-state index contributed by atoms with van der Waals surface area (Å²) in [4.78, 5) is 13.0. The van der Waals surface area contributed by atoms with Gasteiger partial charge in [0, 0.05) is 23.5 Å². The Morgan fingerprint density at radius 3 is 2.91 bits per heavy atom. The number of nitrogens with zero attached hydrogens (tertiary/aromatic N) is 1. The second-order valence-electron chi connectivity index (χ2n) is 9.80. The smallest absolute Gasteiger partial charge is 0.235 e. The molecule has 1 spiro atoms. The topological polar surface area (TPSA) is 79.0 Å². The minimum atomic E-state index is -0.498. The molecule has 1 aliphatic carbocycles. The second kappa shape index (κ2) is 7.55. The molecule has 4 aromatic rings. The van der Waals surface area contributed by atoms with Gasteiger partial charge in [0.15, 0.2) is 0 Å². The van der Waals surface area contributed by atoms with Crippen LogP contribution in [0.15, 0.2) is 54.6 Å². The molecule has 0 radical (unpaired) electrons. The van der Waals surface area contributed by atoms with Gasteiger partial charge in [-0.25, -0.2) is 0 Å². The first kappa shape index (κ1) is 20.5. The molecule has 3 N–H and O–H groups in total. The monoisotopic (exact) mass is 462 g/mol. The summed E-state index contributed by atoms with van der Waals surface area (Å²) in [6.07, 6.45) is 6.09. The van der Waals surface area contributed by atoms with Crippen molar-refractivity contribution < 1.29 is 9.53 Å². The predicted octanol–water partition coefficient (Wildman–Crippen LogP) is 4.77. The molecule has 0 unspecified atom stereocenters. The third-order valence-electron chi connectivity index (χ3n) is 7.89. The number of nitrogens with one attached hydrogen (secondary N) is 3. The van der Waals surface area contributed by atoms with Gasteiger partial charge in [0.05, 0.1) is 23.7 Å². The van der Waals surface area contributed by atoms with E-state index in [2.05, 4.69) is 69.4 Å². The Morgan fingerprint density at radius 2 is 2.00 bits per heavy atom. The zero-order valence-corrected chi connectivity index (χ0v) is 19.5. The van der Waals surface area contributed by atoms with Gasteiger partial charge in [0.1, 0.15) is 5.75 Å².